The van der Waals surface area contributed by atoms with E-state index in [1.807, 2.05) is 54.6 Å². The van der Waals surface area contributed by atoms with Crippen LogP contribution in [0.4, 0.5) is 11.5 Å². The Morgan fingerprint density at radius 3 is 2.44 bits per heavy atom. The molecular weight excluding hydrogens is 310 g/mol. The maximum Gasteiger partial charge on any atom is 0.228 e. The number of rotatable bonds is 6. The summed E-state index contributed by atoms with van der Waals surface area (Å²) < 4.78 is 0. The summed E-state index contributed by atoms with van der Waals surface area (Å²) in [6, 6.07) is 21.7. The van der Waals surface area contributed by atoms with Gasteiger partial charge in [0, 0.05) is 6.54 Å². The Hall–Kier alpha value is -3.14. The first kappa shape index (κ1) is 16.7. The van der Waals surface area contributed by atoms with Gasteiger partial charge in [0.25, 0.3) is 0 Å². The van der Waals surface area contributed by atoms with Crippen LogP contribution < -0.4 is 10.6 Å². The summed E-state index contributed by atoms with van der Waals surface area (Å²) in [6.45, 7) is 2.81. The summed E-state index contributed by atoms with van der Waals surface area (Å²) >= 11 is 0. The number of benzene rings is 2. The highest BCUT2D eigenvalue weighted by Crippen LogP contribution is 2.13. The second-order valence-electron chi connectivity index (χ2n) is 5.92. The van der Waals surface area contributed by atoms with Gasteiger partial charge in [-0.15, -0.1) is 0 Å². The first-order valence-electron chi connectivity index (χ1n) is 8.29. The van der Waals surface area contributed by atoms with E-state index in [1.54, 1.807) is 6.20 Å². The highest BCUT2D eigenvalue weighted by Gasteiger charge is 2.04. The summed E-state index contributed by atoms with van der Waals surface area (Å²) in [5, 5.41) is 6.17. The van der Waals surface area contributed by atoms with E-state index in [9.17, 15) is 4.79 Å². The smallest absolute Gasteiger partial charge is 0.228 e. The van der Waals surface area contributed by atoms with Gasteiger partial charge in [-0.05, 0) is 35.7 Å². The van der Waals surface area contributed by atoms with Crippen LogP contribution in [0.25, 0.3) is 0 Å². The molecule has 1 aromatic heterocycles. The van der Waals surface area contributed by atoms with E-state index in [1.165, 1.54) is 11.1 Å². The van der Waals surface area contributed by atoms with Crippen molar-refractivity contribution >= 4 is 17.4 Å². The third kappa shape index (κ3) is 4.91. The second-order valence-corrected chi connectivity index (χ2v) is 5.92. The number of nitrogens with one attached hydrogen (secondary N) is 2. The number of carbonyl (C=O) groups excluding carboxylic acids is 1. The van der Waals surface area contributed by atoms with Gasteiger partial charge in [0.2, 0.25) is 5.91 Å². The van der Waals surface area contributed by atoms with Gasteiger partial charge in [-0.2, -0.15) is 0 Å². The van der Waals surface area contributed by atoms with Gasteiger partial charge in [0.05, 0.1) is 18.3 Å². The summed E-state index contributed by atoms with van der Waals surface area (Å²) in [6.07, 6.45) is 2.03. The SMILES string of the molecule is Cc1ccccc1CNc1ccc(NC(=O)Cc2ccccc2)cn1. The fourth-order valence-corrected chi connectivity index (χ4v) is 2.55. The summed E-state index contributed by atoms with van der Waals surface area (Å²) in [7, 11) is 0. The van der Waals surface area contributed by atoms with Crippen LogP contribution in [0.1, 0.15) is 16.7 Å². The molecule has 2 N–H and O–H groups in total. The minimum atomic E-state index is -0.0476. The van der Waals surface area contributed by atoms with Crippen molar-refractivity contribution in [3.8, 4) is 0 Å². The van der Waals surface area contributed by atoms with Crippen molar-refractivity contribution in [3.05, 3.63) is 89.6 Å². The Balaban J connectivity index is 1.53. The van der Waals surface area contributed by atoms with Gasteiger partial charge in [-0.1, -0.05) is 54.6 Å². The van der Waals surface area contributed by atoms with Crippen LogP contribution in [0, 0.1) is 6.92 Å². The van der Waals surface area contributed by atoms with E-state index >= 15 is 0 Å². The molecule has 0 saturated carbocycles. The number of aryl methyl sites for hydroxylation is 1. The number of pyridine rings is 1. The van der Waals surface area contributed by atoms with Crippen molar-refractivity contribution in [2.45, 2.75) is 19.9 Å². The molecule has 0 fully saturated rings. The van der Waals surface area contributed by atoms with Crippen LogP contribution in [0.3, 0.4) is 0 Å². The van der Waals surface area contributed by atoms with Gasteiger partial charge in [0.1, 0.15) is 5.82 Å². The monoisotopic (exact) mass is 331 g/mol. The summed E-state index contributed by atoms with van der Waals surface area (Å²) in [5.74, 6) is 0.734. The standard InChI is InChI=1S/C21H21N3O/c1-16-7-5-6-10-18(16)14-22-20-12-11-19(15-23-20)24-21(25)13-17-8-3-2-4-9-17/h2-12,15H,13-14H2,1H3,(H,22,23)(H,24,25). The molecule has 0 spiro atoms. The Morgan fingerprint density at radius 1 is 0.960 bits per heavy atom. The lowest BCUT2D eigenvalue weighted by Crippen LogP contribution is -2.14. The maximum absolute atomic E-state index is 12.1. The number of nitrogens with zero attached hydrogens (tertiary/aromatic N) is 1. The molecule has 25 heavy (non-hydrogen) atoms. The predicted octanol–water partition coefficient (Wildman–Crippen LogP) is 4.18. The molecule has 4 heteroatoms. The molecule has 0 bridgehead atoms. The van der Waals surface area contributed by atoms with Crippen molar-refractivity contribution in [2.75, 3.05) is 10.6 Å². The number of hydrogen-bond donors (Lipinski definition) is 2. The lowest BCUT2D eigenvalue weighted by atomic mass is 10.1. The topological polar surface area (TPSA) is 54.0 Å². The minimum absolute atomic E-state index is 0.0476. The zero-order chi connectivity index (χ0) is 17.5. The Morgan fingerprint density at radius 2 is 1.72 bits per heavy atom. The number of hydrogen-bond acceptors (Lipinski definition) is 3. The van der Waals surface area contributed by atoms with E-state index in [2.05, 4.69) is 34.7 Å². The molecule has 2 aromatic carbocycles. The molecular formula is C21H21N3O. The Kier molecular flexibility index (Phi) is 5.42. The van der Waals surface area contributed by atoms with Crippen molar-refractivity contribution in [2.24, 2.45) is 0 Å². The van der Waals surface area contributed by atoms with E-state index in [0.29, 0.717) is 12.1 Å². The van der Waals surface area contributed by atoms with Crippen LogP contribution in [-0.4, -0.2) is 10.9 Å². The first-order valence-corrected chi connectivity index (χ1v) is 8.29. The summed E-state index contributed by atoms with van der Waals surface area (Å²) in [4.78, 5) is 16.4. The van der Waals surface area contributed by atoms with Crippen LogP contribution in [-0.2, 0) is 17.8 Å². The predicted molar refractivity (Wildman–Crippen MR) is 102 cm³/mol. The molecule has 0 aliphatic carbocycles. The van der Waals surface area contributed by atoms with Gasteiger partial charge < -0.3 is 10.6 Å². The third-order valence-electron chi connectivity index (χ3n) is 3.98. The first-order chi connectivity index (χ1) is 12.2. The van der Waals surface area contributed by atoms with Crippen LogP contribution in [0.15, 0.2) is 72.9 Å². The van der Waals surface area contributed by atoms with E-state index in [0.717, 1.165) is 17.9 Å². The molecule has 0 aliphatic rings. The van der Waals surface area contributed by atoms with E-state index in [-0.39, 0.29) is 5.91 Å². The number of anilines is 2. The van der Waals surface area contributed by atoms with Crippen LogP contribution in [0.5, 0.6) is 0 Å². The summed E-state index contributed by atoms with van der Waals surface area (Å²) in [5.41, 5.74) is 4.18. The van der Waals surface area contributed by atoms with Crippen LogP contribution in [0.2, 0.25) is 0 Å². The molecule has 0 unspecified atom stereocenters. The highest BCUT2D eigenvalue weighted by atomic mass is 16.1. The normalized spacial score (nSPS) is 10.3. The van der Waals surface area contributed by atoms with Crippen LogP contribution >= 0.6 is 0 Å². The van der Waals surface area contributed by atoms with Gasteiger partial charge >= 0.3 is 0 Å². The molecule has 0 atom stereocenters. The second kappa shape index (κ2) is 8.11. The number of carbonyl (C=O) groups is 1. The van der Waals surface area contributed by atoms with E-state index < -0.39 is 0 Å². The molecule has 3 rings (SSSR count). The zero-order valence-corrected chi connectivity index (χ0v) is 14.2. The Bertz CT molecular complexity index is 829. The minimum Gasteiger partial charge on any atom is -0.366 e. The van der Waals surface area contributed by atoms with Crippen molar-refractivity contribution in [1.82, 2.24) is 4.98 Å². The van der Waals surface area contributed by atoms with E-state index in [4.69, 9.17) is 0 Å². The fraction of sp³-hybridized carbons (Fsp3) is 0.143. The lowest BCUT2D eigenvalue weighted by molar-refractivity contribution is -0.115. The molecule has 0 aliphatic heterocycles. The molecule has 1 heterocycles. The quantitative estimate of drug-likeness (QED) is 0.712. The Labute approximate surface area is 147 Å². The zero-order valence-electron chi connectivity index (χ0n) is 14.2. The van der Waals surface area contributed by atoms with Gasteiger partial charge in [-0.3, -0.25) is 4.79 Å². The fourth-order valence-electron chi connectivity index (χ4n) is 2.55. The number of aromatic nitrogens is 1. The van der Waals surface area contributed by atoms with Crippen molar-refractivity contribution in [3.63, 3.8) is 0 Å². The molecule has 126 valence electrons. The molecule has 4 nitrogen and oxygen atoms in total. The van der Waals surface area contributed by atoms with Gasteiger partial charge in [-0.25, -0.2) is 4.98 Å². The van der Waals surface area contributed by atoms with Gasteiger partial charge in [0.15, 0.2) is 0 Å². The average Bonchev–Trinajstić information content (AvgIpc) is 2.63. The third-order valence-corrected chi connectivity index (χ3v) is 3.98. The largest absolute Gasteiger partial charge is 0.366 e. The molecule has 0 radical (unpaired) electrons. The molecule has 3 aromatic rings. The lowest BCUT2D eigenvalue weighted by Gasteiger charge is -2.09. The maximum atomic E-state index is 12.1. The average molecular weight is 331 g/mol. The van der Waals surface area contributed by atoms with Crippen molar-refractivity contribution in [1.29, 1.82) is 0 Å². The van der Waals surface area contributed by atoms with Crippen molar-refractivity contribution < 1.29 is 4.79 Å². The molecule has 0 saturated heterocycles. The highest BCUT2D eigenvalue weighted by molar-refractivity contribution is 5.92. The molecule has 1 amide bonds. The number of amides is 1.